The molecule has 0 radical (unpaired) electrons. The highest BCUT2D eigenvalue weighted by Crippen LogP contribution is 2.24. The molecule has 1 unspecified atom stereocenters. The summed E-state index contributed by atoms with van der Waals surface area (Å²) in [4.78, 5) is 15.3. The molecule has 19 heavy (non-hydrogen) atoms. The third-order valence-corrected chi connectivity index (χ3v) is 3.75. The first-order valence-electron chi connectivity index (χ1n) is 6.44. The number of hydrogen-bond acceptors (Lipinski definition) is 2. The second-order valence-corrected chi connectivity index (χ2v) is 5.47. The van der Waals surface area contributed by atoms with Crippen LogP contribution in [-0.4, -0.2) is 30.0 Å². The zero-order valence-corrected chi connectivity index (χ0v) is 11.5. The lowest BCUT2D eigenvalue weighted by Crippen LogP contribution is -2.36. The summed E-state index contributed by atoms with van der Waals surface area (Å²) in [5.41, 5.74) is 2.61. The normalized spacial score (nSPS) is 18.9. The molecule has 100 valence electrons. The minimum atomic E-state index is -0.0552. The van der Waals surface area contributed by atoms with Crippen LogP contribution >= 0.6 is 11.6 Å². The number of carbonyl (C=O) groups excluding carboxylic acids is 1. The molecular formula is C14H16ClN3O. The van der Waals surface area contributed by atoms with Gasteiger partial charge in [0, 0.05) is 28.5 Å². The average molecular weight is 278 g/mol. The summed E-state index contributed by atoms with van der Waals surface area (Å²) in [6.45, 7) is 3.79. The molecule has 1 aromatic carbocycles. The summed E-state index contributed by atoms with van der Waals surface area (Å²) in [7, 11) is 0. The number of amides is 1. The average Bonchev–Trinajstić information content (AvgIpc) is 2.97. The second-order valence-electron chi connectivity index (χ2n) is 5.03. The number of aryl methyl sites for hydroxylation is 1. The number of aromatic amines is 1. The monoisotopic (exact) mass is 277 g/mol. The summed E-state index contributed by atoms with van der Waals surface area (Å²) in [5.74, 6) is -0.0552. The molecule has 0 bridgehead atoms. The summed E-state index contributed by atoms with van der Waals surface area (Å²) < 4.78 is 0. The van der Waals surface area contributed by atoms with Crippen LogP contribution in [0.4, 0.5) is 0 Å². The molecule has 2 heterocycles. The van der Waals surface area contributed by atoms with E-state index in [0.717, 1.165) is 36.0 Å². The zero-order chi connectivity index (χ0) is 13.4. The molecule has 3 N–H and O–H groups in total. The Balaban J connectivity index is 1.88. The Kier molecular flexibility index (Phi) is 3.21. The van der Waals surface area contributed by atoms with Crippen molar-refractivity contribution in [3.63, 3.8) is 0 Å². The van der Waals surface area contributed by atoms with E-state index in [1.807, 2.05) is 25.1 Å². The van der Waals surface area contributed by atoms with Gasteiger partial charge in [0.1, 0.15) is 5.69 Å². The van der Waals surface area contributed by atoms with Gasteiger partial charge in [-0.15, -0.1) is 0 Å². The Morgan fingerprint density at radius 1 is 1.42 bits per heavy atom. The van der Waals surface area contributed by atoms with Crippen LogP contribution in [0, 0.1) is 6.92 Å². The van der Waals surface area contributed by atoms with Crippen LogP contribution in [0.25, 0.3) is 10.9 Å². The Bertz CT molecular complexity index is 629. The highest BCUT2D eigenvalue weighted by atomic mass is 35.5. The van der Waals surface area contributed by atoms with E-state index in [9.17, 15) is 4.79 Å². The van der Waals surface area contributed by atoms with Crippen LogP contribution in [0.3, 0.4) is 0 Å². The van der Waals surface area contributed by atoms with Gasteiger partial charge in [-0.05, 0) is 43.7 Å². The van der Waals surface area contributed by atoms with Crippen LogP contribution in [-0.2, 0) is 0 Å². The smallest absolute Gasteiger partial charge is 0.267 e. The fourth-order valence-corrected chi connectivity index (χ4v) is 2.82. The van der Waals surface area contributed by atoms with E-state index in [0.29, 0.717) is 10.7 Å². The Morgan fingerprint density at radius 2 is 2.26 bits per heavy atom. The maximum absolute atomic E-state index is 12.2. The predicted molar refractivity (Wildman–Crippen MR) is 76.8 cm³/mol. The molecule has 0 saturated carbocycles. The molecular weight excluding hydrogens is 262 g/mol. The highest BCUT2D eigenvalue weighted by molar-refractivity contribution is 6.31. The molecule has 1 aliphatic heterocycles. The molecule has 1 atom stereocenters. The van der Waals surface area contributed by atoms with Gasteiger partial charge in [0.2, 0.25) is 0 Å². The number of rotatable bonds is 2. The first kappa shape index (κ1) is 12.5. The maximum atomic E-state index is 12.2. The van der Waals surface area contributed by atoms with Crippen LogP contribution in [0.1, 0.15) is 22.5 Å². The molecule has 5 heteroatoms. The van der Waals surface area contributed by atoms with E-state index in [2.05, 4.69) is 15.6 Å². The van der Waals surface area contributed by atoms with Crippen molar-refractivity contribution >= 4 is 28.4 Å². The predicted octanol–water partition coefficient (Wildman–Crippen LogP) is 2.22. The maximum Gasteiger partial charge on any atom is 0.267 e. The zero-order valence-electron chi connectivity index (χ0n) is 10.7. The van der Waals surface area contributed by atoms with Gasteiger partial charge in [-0.1, -0.05) is 11.6 Å². The van der Waals surface area contributed by atoms with Crippen molar-refractivity contribution in [3.8, 4) is 0 Å². The molecule has 1 fully saturated rings. The van der Waals surface area contributed by atoms with Gasteiger partial charge >= 0.3 is 0 Å². The van der Waals surface area contributed by atoms with Crippen LogP contribution < -0.4 is 10.6 Å². The SMILES string of the molecule is Cc1cc(Cl)cc2cc(C(=O)NC3CCNC3)[nH]c12. The fraction of sp³-hybridized carbons (Fsp3) is 0.357. The summed E-state index contributed by atoms with van der Waals surface area (Å²) >= 11 is 6.03. The van der Waals surface area contributed by atoms with Crippen molar-refractivity contribution in [1.29, 1.82) is 0 Å². The van der Waals surface area contributed by atoms with E-state index < -0.39 is 0 Å². The third kappa shape index (κ3) is 2.46. The van der Waals surface area contributed by atoms with Gasteiger partial charge in [0.05, 0.1) is 0 Å². The minimum absolute atomic E-state index is 0.0552. The molecule has 1 amide bonds. The van der Waals surface area contributed by atoms with E-state index in [1.165, 1.54) is 0 Å². The Hall–Kier alpha value is -1.52. The van der Waals surface area contributed by atoms with E-state index in [1.54, 1.807) is 0 Å². The van der Waals surface area contributed by atoms with Gasteiger partial charge in [-0.25, -0.2) is 0 Å². The first-order chi connectivity index (χ1) is 9.13. The Morgan fingerprint density at radius 3 is 3.00 bits per heavy atom. The quantitative estimate of drug-likeness (QED) is 0.788. The standard InChI is InChI=1S/C14H16ClN3O/c1-8-4-10(15)5-9-6-12(18-13(8)9)14(19)17-11-2-3-16-7-11/h4-6,11,16,18H,2-3,7H2,1H3,(H,17,19). The number of nitrogens with one attached hydrogen (secondary N) is 3. The molecule has 2 aromatic rings. The van der Waals surface area contributed by atoms with Gasteiger partial charge in [0.25, 0.3) is 5.91 Å². The van der Waals surface area contributed by atoms with Crippen molar-refractivity contribution in [3.05, 3.63) is 34.5 Å². The van der Waals surface area contributed by atoms with Crippen molar-refractivity contribution in [2.45, 2.75) is 19.4 Å². The third-order valence-electron chi connectivity index (χ3n) is 3.53. The highest BCUT2D eigenvalue weighted by Gasteiger charge is 2.18. The summed E-state index contributed by atoms with van der Waals surface area (Å²) in [6, 6.07) is 5.84. The van der Waals surface area contributed by atoms with Crippen LogP contribution in [0.15, 0.2) is 18.2 Å². The number of benzene rings is 1. The summed E-state index contributed by atoms with van der Waals surface area (Å²) in [6.07, 6.45) is 0.983. The first-order valence-corrected chi connectivity index (χ1v) is 6.82. The van der Waals surface area contributed by atoms with Crippen molar-refractivity contribution in [2.24, 2.45) is 0 Å². The fourth-order valence-electron chi connectivity index (χ4n) is 2.54. The minimum Gasteiger partial charge on any atom is -0.350 e. The number of fused-ring (bicyclic) bond motifs is 1. The molecule has 1 aliphatic rings. The van der Waals surface area contributed by atoms with Crippen molar-refractivity contribution < 1.29 is 4.79 Å². The number of halogens is 1. The van der Waals surface area contributed by atoms with Crippen LogP contribution in [0.2, 0.25) is 5.02 Å². The van der Waals surface area contributed by atoms with Crippen LogP contribution in [0.5, 0.6) is 0 Å². The largest absolute Gasteiger partial charge is 0.350 e. The van der Waals surface area contributed by atoms with Crippen molar-refractivity contribution in [2.75, 3.05) is 13.1 Å². The molecule has 1 saturated heterocycles. The van der Waals surface area contributed by atoms with Gasteiger partial charge < -0.3 is 15.6 Å². The van der Waals surface area contributed by atoms with Gasteiger partial charge in [-0.3, -0.25) is 4.79 Å². The molecule has 0 aliphatic carbocycles. The lowest BCUT2D eigenvalue weighted by atomic mass is 10.2. The van der Waals surface area contributed by atoms with Gasteiger partial charge in [-0.2, -0.15) is 0 Å². The number of aromatic nitrogens is 1. The summed E-state index contributed by atoms with van der Waals surface area (Å²) in [5, 5.41) is 7.92. The van der Waals surface area contributed by atoms with E-state index in [4.69, 9.17) is 11.6 Å². The van der Waals surface area contributed by atoms with E-state index >= 15 is 0 Å². The second kappa shape index (κ2) is 4.87. The lowest BCUT2D eigenvalue weighted by Gasteiger charge is -2.09. The number of H-pyrrole nitrogens is 1. The molecule has 0 spiro atoms. The van der Waals surface area contributed by atoms with Crippen molar-refractivity contribution in [1.82, 2.24) is 15.6 Å². The number of hydrogen-bond donors (Lipinski definition) is 3. The Labute approximate surface area is 116 Å². The van der Waals surface area contributed by atoms with E-state index in [-0.39, 0.29) is 11.9 Å². The molecule has 1 aromatic heterocycles. The lowest BCUT2D eigenvalue weighted by molar-refractivity contribution is 0.0936. The molecule has 3 rings (SSSR count). The topological polar surface area (TPSA) is 56.9 Å². The molecule has 4 nitrogen and oxygen atoms in total. The van der Waals surface area contributed by atoms with Gasteiger partial charge in [0.15, 0.2) is 0 Å². The number of carbonyl (C=O) groups is 1.